The number of likely N-dealkylation sites (tertiary alicyclic amines) is 1. The molecule has 42 heavy (non-hydrogen) atoms. The first-order valence-electron chi connectivity index (χ1n) is 15.5. The van der Waals surface area contributed by atoms with E-state index in [0.29, 0.717) is 43.4 Å². The van der Waals surface area contributed by atoms with Crippen molar-refractivity contribution in [3.63, 3.8) is 0 Å². The van der Waals surface area contributed by atoms with Gasteiger partial charge < -0.3 is 15.5 Å². The third kappa shape index (κ3) is 6.55. The van der Waals surface area contributed by atoms with Crippen LogP contribution in [-0.2, 0) is 35.5 Å². The number of nitrogens with zero attached hydrogens (tertiary/aromatic N) is 4. The first-order chi connectivity index (χ1) is 20.5. The van der Waals surface area contributed by atoms with Gasteiger partial charge in [0.25, 0.3) is 0 Å². The number of amides is 2. The predicted octanol–water partition coefficient (Wildman–Crippen LogP) is 4.56. The van der Waals surface area contributed by atoms with Gasteiger partial charge in [0, 0.05) is 43.8 Å². The molecule has 222 valence electrons. The molecular formula is C33H41ClN6O2. The lowest BCUT2D eigenvalue weighted by molar-refractivity contribution is -0.140. The summed E-state index contributed by atoms with van der Waals surface area (Å²) >= 11 is 6.14. The third-order valence-corrected chi connectivity index (χ3v) is 10.1. The molecule has 0 unspecified atom stereocenters. The largest absolute Gasteiger partial charge is 0.343 e. The molecule has 0 bridgehead atoms. The second-order valence-corrected chi connectivity index (χ2v) is 12.9. The maximum atomic E-state index is 14.1. The lowest BCUT2D eigenvalue weighted by atomic mass is 9.63. The highest BCUT2D eigenvalue weighted by Gasteiger charge is 2.44. The molecule has 8 nitrogen and oxygen atoms in total. The van der Waals surface area contributed by atoms with E-state index in [1.165, 1.54) is 43.2 Å². The molecule has 9 heteroatoms. The molecule has 0 radical (unpaired) electrons. The molecule has 2 fully saturated rings. The molecule has 2 N–H and O–H groups in total. The molecule has 3 aliphatic rings. The second-order valence-electron chi connectivity index (χ2n) is 12.4. The summed E-state index contributed by atoms with van der Waals surface area (Å²) in [5, 5.41) is 15.5. The van der Waals surface area contributed by atoms with Gasteiger partial charge >= 0.3 is 0 Å². The van der Waals surface area contributed by atoms with Gasteiger partial charge in [-0.2, -0.15) is 0 Å². The van der Waals surface area contributed by atoms with Crippen LogP contribution in [0.2, 0.25) is 5.02 Å². The summed E-state index contributed by atoms with van der Waals surface area (Å²) in [4.78, 5) is 29.7. The van der Waals surface area contributed by atoms with Crippen LogP contribution in [0.25, 0.3) is 0 Å². The number of hydrogen-bond donors (Lipinski definition) is 2. The minimum atomic E-state index is -0.643. The zero-order valence-corrected chi connectivity index (χ0v) is 24.9. The Labute approximate surface area is 253 Å². The summed E-state index contributed by atoms with van der Waals surface area (Å²) in [7, 11) is 0. The number of carbonyl (C=O) groups is 2. The summed E-state index contributed by atoms with van der Waals surface area (Å²) in [6, 6.07) is 14.7. The van der Waals surface area contributed by atoms with Crippen LogP contribution in [0, 0.1) is 11.3 Å². The zero-order valence-electron chi connectivity index (χ0n) is 24.2. The highest BCUT2D eigenvalue weighted by atomic mass is 35.5. The van der Waals surface area contributed by atoms with E-state index in [4.69, 9.17) is 11.6 Å². The van der Waals surface area contributed by atoms with Crippen molar-refractivity contribution in [2.45, 2.75) is 83.0 Å². The van der Waals surface area contributed by atoms with Crippen molar-refractivity contribution >= 4 is 23.4 Å². The minimum Gasteiger partial charge on any atom is -0.343 e. The van der Waals surface area contributed by atoms with E-state index >= 15 is 0 Å². The summed E-state index contributed by atoms with van der Waals surface area (Å²) in [5.41, 5.74) is 3.48. The molecule has 1 aliphatic carbocycles. The van der Waals surface area contributed by atoms with Gasteiger partial charge in [0.2, 0.25) is 11.8 Å². The summed E-state index contributed by atoms with van der Waals surface area (Å²) < 4.78 is 1.98. The molecule has 2 aromatic carbocycles. The van der Waals surface area contributed by atoms with Gasteiger partial charge in [0.1, 0.15) is 6.04 Å². The number of aromatic nitrogens is 3. The number of rotatable bonds is 8. The van der Waals surface area contributed by atoms with Crippen molar-refractivity contribution in [2.75, 3.05) is 13.1 Å². The number of nitrogens with one attached hydrogen (secondary N) is 2. The van der Waals surface area contributed by atoms with Crippen molar-refractivity contribution in [1.82, 2.24) is 30.5 Å². The maximum Gasteiger partial charge on any atom is 0.245 e. The number of halogens is 1. The molecule has 6 rings (SSSR count). The Balaban J connectivity index is 1.17. The summed E-state index contributed by atoms with van der Waals surface area (Å²) in [6.07, 6.45) is 13.0. The molecule has 0 spiro atoms. The first-order valence-corrected chi connectivity index (χ1v) is 15.8. The topological polar surface area (TPSA) is 92.2 Å². The van der Waals surface area contributed by atoms with Crippen LogP contribution < -0.4 is 10.6 Å². The van der Waals surface area contributed by atoms with Gasteiger partial charge in [-0.3, -0.25) is 14.3 Å². The highest BCUT2D eigenvalue weighted by Crippen LogP contribution is 2.47. The molecule has 3 aromatic rings. The van der Waals surface area contributed by atoms with Crippen LogP contribution in [0.1, 0.15) is 61.6 Å². The molecule has 1 saturated carbocycles. The lowest BCUT2D eigenvalue weighted by Gasteiger charge is -2.48. The van der Waals surface area contributed by atoms with E-state index in [0.717, 1.165) is 24.9 Å². The smallest absolute Gasteiger partial charge is 0.245 e. The Morgan fingerprint density at radius 2 is 1.76 bits per heavy atom. The fourth-order valence-corrected chi connectivity index (χ4v) is 7.54. The van der Waals surface area contributed by atoms with Gasteiger partial charge in [0.15, 0.2) is 0 Å². The molecule has 2 atom stereocenters. The van der Waals surface area contributed by atoms with E-state index < -0.39 is 6.04 Å². The Morgan fingerprint density at radius 1 is 1.02 bits per heavy atom. The van der Waals surface area contributed by atoms with Crippen LogP contribution in [0.15, 0.2) is 60.9 Å². The fraction of sp³-hybridized carbons (Fsp3) is 0.515. The Morgan fingerprint density at radius 3 is 2.48 bits per heavy atom. The Kier molecular flexibility index (Phi) is 8.91. The van der Waals surface area contributed by atoms with Gasteiger partial charge in [-0.05, 0) is 72.3 Å². The zero-order chi connectivity index (χ0) is 28.9. The number of benzene rings is 2. The molecule has 1 saturated heterocycles. The normalized spacial score (nSPS) is 21.4. The Hall–Kier alpha value is -3.23. The first kappa shape index (κ1) is 28.9. The fourth-order valence-electron chi connectivity index (χ4n) is 7.41. The van der Waals surface area contributed by atoms with Crippen LogP contribution in [-0.4, -0.2) is 56.9 Å². The maximum absolute atomic E-state index is 14.1. The Bertz CT molecular complexity index is 1350. The van der Waals surface area contributed by atoms with E-state index in [2.05, 4.69) is 33.1 Å². The SMILES string of the molecule is O=C(N[C@H](Cc1ccc(Cl)cc1)C(=O)N1CCC(Cn2ccnn2)(C2CCCCC2)CC1)[C@H]1Cc2ccccc2CN1. The van der Waals surface area contributed by atoms with Crippen LogP contribution in [0.5, 0.6) is 0 Å². The number of fused-ring (bicyclic) bond motifs is 1. The summed E-state index contributed by atoms with van der Waals surface area (Å²) in [5.74, 6) is 0.501. The standard InChI is InChI=1S/C33H41ClN6O2/c34-28-12-10-24(11-13-28)20-30(37-31(41)29-21-25-6-4-5-7-26(25)22-35-29)32(42)39-17-14-33(15-18-39,23-40-19-16-36-38-40)27-8-2-1-3-9-27/h4-7,10-13,16,19,27,29-30,35H,1-3,8-9,14-15,17-18,20-23H2,(H,37,41)/t29-,30-/m1/s1. The minimum absolute atomic E-state index is 0.00694. The van der Waals surface area contributed by atoms with Gasteiger partial charge in [-0.15, -0.1) is 5.10 Å². The number of hydrogen-bond acceptors (Lipinski definition) is 5. The molecular weight excluding hydrogens is 548 g/mol. The second kappa shape index (κ2) is 13.0. The number of carbonyl (C=O) groups excluding carboxylic acids is 2. The summed E-state index contributed by atoms with van der Waals surface area (Å²) in [6.45, 7) is 2.86. The molecule has 3 heterocycles. The van der Waals surface area contributed by atoms with E-state index in [9.17, 15) is 9.59 Å². The molecule has 2 amide bonds. The van der Waals surface area contributed by atoms with Crippen molar-refractivity contribution in [3.05, 3.63) is 82.6 Å². The van der Waals surface area contributed by atoms with Gasteiger partial charge in [0.05, 0.1) is 12.2 Å². The van der Waals surface area contributed by atoms with Gasteiger partial charge in [-0.25, -0.2) is 0 Å². The van der Waals surface area contributed by atoms with Crippen molar-refractivity contribution < 1.29 is 9.59 Å². The average Bonchev–Trinajstić information content (AvgIpc) is 3.55. The van der Waals surface area contributed by atoms with Crippen LogP contribution >= 0.6 is 11.6 Å². The van der Waals surface area contributed by atoms with E-state index in [1.807, 2.05) is 52.2 Å². The third-order valence-electron chi connectivity index (χ3n) is 9.86. The van der Waals surface area contributed by atoms with E-state index in [-0.39, 0.29) is 23.3 Å². The lowest BCUT2D eigenvalue weighted by Crippen LogP contribution is -2.57. The van der Waals surface area contributed by atoms with Crippen molar-refractivity contribution in [2.24, 2.45) is 11.3 Å². The molecule has 2 aliphatic heterocycles. The highest BCUT2D eigenvalue weighted by molar-refractivity contribution is 6.30. The van der Waals surface area contributed by atoms with E-state index in [1.54, 1.807) is 6.20 Å². The van der Waals surface area contributed by atoms with Crippen LogP contribution in [0.3, 0.4) is 0 Å². The van der Waals surface area contributed by atoms with Crippen LogP contribution in [0.4, 0.5) is 0 Å². The monoisotopic (exact) mass is 588 g/mol. The molecule has 1 aromatic heterocycles. The average molecular weight is 589 g/mol. The van der Waals surface area contributed by atoms with Gasteiger partial charge in [-0.1, -0.05) is 72.5 Å². The number of piperidine rings is 1. The van der Waals surface area contributed by atoms with Crippen molar-refractivity contribution in [3.8, 4) is 0 Å². The van der Waals surface area contributed by atoms with Crippen molar-refractivity contribution in [1.29, 1.82) is 0 Å². The predicted molar refractivity (Wildman–Crippen MR) is 163 cm³/mol. The quantitative estimate of drug-likeness (QED) is 0.402.